The molecule has 1 atom stereocenters. The first-order valence-electron chi connectivity index (χ1n) is 8.17. The zero-order chi connectivity index (χ0) is 16.3. The second-order valence-electron chi connectivity index (χ2n) is 6.82. The first-order valence-corrected chi connectivity index (χ1v) is 8.17. The van der Waals surface area contributed by atoms with Crippen molar-refractivity contribution in [2.45, 2.75) is 32.7 Å². The Hall–Kier alpha value is -1.72. The predicted octanol–water partition coefficient (Wildman–Crippen LogP) is 2.67. The molecule has 0 saturated carbocycles. The second-order valence-corrected chi connectivity index (χ2v) is 6.82. The van der Waals surface area contributed by atoms with Gasteiger partial charge in [0.2, 0.25) is 0 Å². The molecule has 0 aliphatic carbocycles. The van der Waals surface area contributed by atoms with Crippen LogP contribution in [0.4, 0.5) is 4.39 Å². The molecule has 1 fully saturated rings. The van der Waals surface area contributed by atoms with E-state index in [0.717, 1.165) is 55.8 Å². The summed E-state index contributed by atoms with van der Waals surface area (Å²) in [6, 6.07) is 8.70. The van der Waals surface area contributed by atoms with E-state index in [-0.39, 0.29) is 17.8 Å². The van der Waals surface area contributed by atoms with E-state index >= 15 is 0 Å². The third-order valence-corrected chi connectivity index (χ3v) is 4.71. The van der Waals surface area contributed by atoms with Gasteiger partial charge in [0.1, 0.15) is 5.82 Å². The van der Waals surface area contributed by atoms with Gasteiger partial charge in [-0.3, -0.25) is 10.00 Å². The number of halogens is 1. The summed E-state index contributed by atoms with van der Waals surface area (Å²) in [5, 5.41) is 17.3. The molecular weight excluding hydrogens is 293 g/mol. The van der Waals surface area contributed by atoms with Crippen molar-refractivity contribution < 1.29 is 9.50 Å². The maximum Gasteiger partial charge on any atom is 0.123 e. The van der Waals surface area contributed by atoms with Crippen LogP contribution in [0.15, 0.2) is 30.3 Å². The zero-order valence-electron chi connectivity index (χ0n) is 13.6. The predicted molar refractivity (Wildman–Crippen MR) is 87.5 cm³/mol. The van der Waals surface area contributed by atoms with Gasteiger partial charge in [0.25, 0.3) is 0 Å². The van der Waals surface area contributed by atoms with Gasteiger partial charge in [0.15, 0.2) is 0 Å². The summed E-state index contributed by atoms with van der Waals surface area (Å²) in [5.74, 6) is -0.217. The largest absolute Gasteiger partial charge is 0.396 e. The van der Waals surface area contributed by atoms with Gasteiger partial charge < -0.3 is 5.11 Å². The Kier molecular flexibility index (Phi) is 4.78. The molecule has 1 aromatic heterocycles. The molecule has 23 heavy (non-hydrogen) atoms. The van der Waals surface area contributed by atoms with E-state index < -0.39 is 0 Å². The molecule has 0 bridgehead atoms. The third-order valence-electron chi connectivity index (χ3n) is 4.71. The van der Waals surface area contributed by atoms with Gasteiger partial charge in [0.05, 0.1) is 12.3 Å². The van der Waals surface area contributed by atoms with Crippen LogP contribution in [-0.2, 0) is 13.0 Å². The summed E-state index contributed by atoms with van der Waals surface area (Å²) in [7, 11) is 0. The minimum atomic E-state index is -0.217. The van der Waals surface area contributed by atoms with Crippen molar-refractivity contribution in [3.63, 3.8) is 0 Å². The Morgan fingerprint density at radius 2 is 2.13 bits per heavy atom. The summed E-state index contributed by atoms with van der Waals surface area (Å²) in [6.07, 6.45) is 2.84. The van der Waals surface area contributed by atoms with Gasteiger partial charge in [-0.05, 0) is 56.5 Å². The molecule has 1 aromatic carbocycles. The standard InChI is InChI=1S/C18H24FN3O/c1-14-9-17(21-20-14)11-22-8-2-7-18(12-22,13-23)10-15-3-5-16(19)6-4-15/h3-6,9,23H,2,7-8,10-13H2,1H3,(H,20,21)/t18-/m0/s1. The maximum absolute atomic E-state index is 13.1. The quantitative estimate of drug-likeness (QED) is 0.891. The van der Waals surface area contributed by atoms with Crippen LogP contribution in [0.1, 0.15) is 29.8 Å². The number of hydrogen-bond donors (Lipinski definition) is 2. The fourth-order valence-corrected chi connectivity index (χ4v) is 3.59. The number of likely N-dealkylation sites (tertiary alicyclic amines) is 1. The number of aromatic amines is 1. The Morgan fingerprint density at radius 3 is 2.78 bits per heavy atom. The Balaban J connectivity index is 1.69. The average molecular weight is 317 g/mol. The van der Waals surface area contributed by atoms with Crippen molar-refractivity contribution in [2.75, 3.05) is 19.7 Å². The van der Waals surface area contributed by atoms with Gasteiger partial charge in [0, 0.05) is 24.2 Å². The van der Waals surface area contributed by atoms with Crippen LogP contribution in [0.25, 0.3) is 0 Å². The van der Waals surface area contributed by atoms with Crippen LogP contribution >= 0.6 is 0 Å². The van der Waals surface area contributed by atoms with E-state index in [9.17, 15) is 9.50 Å². The van der Waals surface area contributed by atoms with Crippen LogP contribution in [0.2, 0.25) is 0 Å². The van der Waals surface area contributed by atoms with Crippen molar-refractivity contribution in [2.24, 2.45) is 5.41 Å². The van der Waals surface area contributed by atoms with Gasteiger partial charge in [-0.1, -0.05) is 12.1 Å². The molecule has 0 spiro atoms. The highest BCUT2D eigenvalue weighted by Gasteiger charge is 2.35. The number of aliphatic hydroxyl groups excluding tert-OH is 1. The molecule has 1 saturated heterocycles. The van der Waals surface area contributed by atoms with Gasteiger partial charge in [-0.2, -0.15) is 5.10 Å². The van der Waals surface area contributed by atoms with E-state index in [2.05, 4.69) is 21.2 Å². The lowest BCUT2D eigenvalue weighted by Gasteiger charge is -2.42. The smallest absolute Gasteiger partial charge is 0.123 e. The minimum absolute atomic E-state index is 0.151. The van der Waals surface area contributed by atoms with E-state index in [4.69, 9.17) is 0 Å². The van der Waals surface area contributed by atoms with Crippen LogP contribution < -0.4 is 0 Å². The maximum atomic E-state index is 13.1. The number of piperidine rings is 1. The molecule has 1 aliphatic heterocycles. The molecule has 1 aliphatic rings. The van der Waals surface area contributed by atoms with E-state index in [1.54, 1.807) is 0 Å². The first kappa shape index (κ1) is 16.1. The van der Waals surface area contributed by atoms with Crippen LogP contribution in [-0.4, -0.2) is 39.9 Å². The lowest BCUT2D eigenvalue weighted by Crippen LogP contribution is -2.46. The average Bonchev–Trinajstić information content (AvgIpc) is 2.95. The molecule has 2 aromatic rings. The molecule has 0 unspecified atom stereocenters. The molecule has 2 heterocycles. The fraction of sp³-hybridized carbons (Fsp3) is 0.500. The summed E-state index contributed by atoms with van der Waals surface area (Å²) < 4.78 is 13.1. The Labute approximate surface area is 136 Å². The fourth-order valence-electron chi connectivity index (χ4n) is 3.59. The van der Waals surface area contributed by atoms with Crippen molar-refractivity contribution in [3.8, 4) is 0 Å². The molecule has 0 radical (unpaired) electrons. The molecule has 124 valence electrons. The highest BCUT2D eigenvalue weighted by molar-refractivity contribution is 5.18. The van der Waals surface area contributed by atoms with Crippen LogP contribution in [0.3, 0.4) is 0 Å². The normalized spacial score (nSPS) is 22.4. The van der Waals surface area contributed by atoms with E-state index in [1.807, 2.05) is 19.1 Å². The summed E-state index contributed by atoms with van der Waals surface area (Å²) in [6.45, 7) is 4.82. The highest BCUT2D eigenvalue weighted by Crippen LogP contribution is 2.34. The number of hydrogen-bond acceptors (Lipinski definition) is 3. The number of aromatic nitrogens is 2. The topological polar surface area (TPSA) is 52.1 Å². The van der Waals surface area contributed by atoms with Crippen molar-refractivity contribution in [1.82, 2.24) is 15.1 Å². The summed E-state index contributed by atoms with van der Waals surface area (Å²) in [5.41, 5.74) is 3.04. The SMILES string of the molecule is Cc1cc(CN2CCC[C@](CO)(Cc3ccc(F)cc3)C2)n[nH]1. The van der Waals surface area contributed by atoms with Gasteiger partial charge in [-0.15, -0.1) is 0 Å². The molecule has 5 heteroatoms. The van der Waals surface area contributed by atoms with Crippen molar-refractivity contribution in [3.05, 3.63) is 53.1 Å². The number of aryl methyl sites for hydroxylation is 1. The minimum Gasteiger partial charge on any atom is -0.396 e. The molecule has 0 amide bonds. The lowest BCUT2D eigenvalue weighted by atomic mass is 9.75. The van der Waals surface area contributed by atoms with Gasteiger partial charge in [-0.25, -0.2) is 4.39 Å². The second kappa shape index (κ2) is 6.81. The Bertz CT molecular complexity index is 640. The molecule has 3 rings (SSSR count). The summed E-state index contributed by atoms with van der Waals surface area (Å²) >= 11 is 0. The number of nitrogens with one attached hydrogen (secondary N) is 1. The van der Waals surface area contributed by atoms with E-state index in [1.165, 1.54) is 12.1 Å². The third kappa shape index (κ3) is 3.98. The number of aliphatic hydroxyl groups is 1. The number of H-pyrrole nitrogens is 1. The van der Waals surface area contributed by atoms with Gasteiger partial charge >= 0.3 is 0 Å². The number of nitrogens with zero attached hydrogens (tertiary/aromatic N) is 2. The van der Waals surface area contributed by atoms with Crippen molar-refractivity contribution in [1.29, 1.82) is 0 Å². The molecular formula is C18H24FN3O. The number of benzene rings is 1. The van der Waals surface area contributed by atoms with E-state index in [0.29, 0.717) is 0 Å². The van der Waals surface area contributed by atoms with Crippen LogP contribution in [0.5, 0.6) is 0 Å². The number of rotatable bonds is 5. The zero-order valence-corrected chi connectivity index (χ0v) is 13.6. The molecule has 2 N–H and O–H groups in total. The highest BCUT2D eigenvalue weighted by atomic mass is 19.1. The Morgan fingerprint density at radius 1 is 1.35 bits per heavy atom. The summed E-state index contributed by atoms with van der Waals surface area (Å²) in [4.78, 5) is 2.36. The lowest BCUT2D eigenvalue weighted by molar-refractivity contribution is 0.0283. The molecule has 4 nitrogen and oxygen atoms in total. The first-order chi connectivity index (χ1) is 11.1. The van der Waals surface area contributed by atoms with Crippen LogP contribution in [0, 0.1) is 18.2 Å². The van der Waals surface area contributed by atoms with Crippen molar-refractivity contribution >= 4 is 0 Å². The monoisotopic (exact) mass is 317 g/mol.